The van der Waals surface area contributed by atoms with Crippen LogP contribution < -0.4 is 14.8 Å². The lowest BCUT2D eigenvalue weighted by molar-refractivity contribution is -0.129. The molecule has 1 N–H and O–H groups in total. The number of carbonyl (C=O) groups is 2. The summed E-state index contributed by atoms with van der Waals surface area (Å²) in [5.74, 6) is 1.15. The van der Waals surface area contributed by atoms with Crippen LogP contribution in [0, 0.1) is 5.92 Å². The lowest BCUT2D eigenvalue weighted by Crippen LogP contribution is -2.36. The molecule has 2 unspecified atom stereocenters. The Kier molecular flexibility index (Phi) is 7.93. The Morgan fingerprint density at radius 3 is 2.23 bits per heavy atom. The van der Waals surface area contributed by atoms with E-state index in [0.29, 0.717) is 13.1 Å². The molecular weight excluding hydrogens is 392 g/mol. The molecule has 31 heavy (non-hydrogen) atoms. The molecule has 6 nitrogen and oxygen atoms in total. The van der Waals surface area contributed by atoms with Gasteiger partial charge in [-0.1, -0.05) is 37.6 Å². The van der Waals surface area contributed by atoms with E-state index in [1.54, 1.807) is 14.2 Å². The van der Waals surface area contributed by atoms with Crippen LogP contribution in [0.2, 0.25) is 0 Å². The first kappa shape index (κ1) is 22.7. The third-order valence-corrected chi connectivity index (χ3v) is 5.85. The van der Waals surface area contributed by atoms with Crippen molar-refractivity contribution in [3.8, 4) is 11.5 Å². The molecule has 1 heterocycles. The minimum atomic E-state index is -0.395. The maximum Gasteiger partial charge on any atom is 0.226 e. The van der Waals surface area contributed by atoms with Crippen molar-refractivity contribution in [3.05, 3.63) is 59.7 Å². The van der Waals surface area contributed by atoms with E-state index in [2.05, 4.69) is 12.2 Å². The second kappa shape index (κ2) is 10.8. The molecule has 0 aromatic heterocycles. The molecule has 0 saturated carbocycles. The maximum absolute atomic E-state index is 13.1. The van der Waals surface area contributed by atoms with Gasteiger partial charge in [-0.2, -0.15) is 0 Å². The van der Waals surface area contributed by atoms with Gasteiger partial charge in [-0.25, -0.2) is 0 Å². The van der Waals surface area contributed by atoms with Crippen LogP contribution in [0.5, 0.6) is 11.5 Å². The van der Waals surface area contributed by atoms with E-state index in [1.165, 1.54) is 0 Å². The zero-order chi connectivity index (χ0) is 22.2. The first-order valence-electron chi connectivity index (χ1n) is 10.9. The number of hydrogen-bond donors (Lipinski definition) is 1. The van der Waals surface area contributed by atoms with Gasteiger partial charge in [0.1, 0.15) is 11.5 Å². The Labute approximate surface area is 184 Å². The Balaban J connectivity index is 1.69. The number of hydrogen-bond acceptors (Lipinski definition) is 4. The van der Waals surface area contributed by atoms with E-state index >= 15 is 0 Å². The van der Waals surface area contributed by atoms with Gasteiger partial charge in [0.25, 0.3) is 0 Å². The van der Waals surface area contributed by atoms with Gasteiger partial charge in [0, 0.05) is 19.5 Å². The average molecular weight is 425 g/mol. The maximum atomic E-state index is 13.1. The smallest absolute Gasteiger partial charge is 0.226 e. The van der Waals surface area contributed by atoms with E-state index in [4.69, 9.17) is 9.47 Å². The summed E-state index contributed by atoms with van der Waals surface area (Å²) < 4.78 is 10.4. The third kappa shape index (κ3) is 5.57. The summed E-state index contributed by atoms with van der Waals surface area (Å²) in [5.41, 5.74) is 2.10. The molecule has 2 aromatic rings. The molecule has 1 aliphatic rings. The van der Waals surface area contributed by atoms with Crippen LogP contribution in [0.25, 0.3) is 0 Å². The summed E-state index contributed by atoms with van der Waals surface area (Å²) in [5, 5.41) is 3.05. The second-order valence-electron chi connectivity index (χ2n) is 7.86. The first-order chi connectivity index (χ1) is 15.1. The number of nitrogens with one attached hydrogen (secondary N) is 1. The van der Waals surface area contributed by atoms with Crippen molar-refractivity contribution in [1.82, 2.24) is 10.2 Å². The molecule has 0 radical (unpaired) electrons. The Bertz CT molecular complexity index is 864. The molecular formula is C25H32N2O4. The van der Waals surface area contributed by atoms with Crippen molar-refractivity contribution in [2.75, 3.05) is 27.3 Å². The van der Waals surface area contributed by atoms with E-state index < -0.39 is 5.92 Å². The van der Waals surface area contributed by atoms with Crippen molar-refractivity contribution < 1.29 is 19.1 Å². The zero-order valence-electron chi connectivity index (χ0n) is 18.6. The predicted molar refractivity (Wildman–Crippen MR) is 120 cm³/mol. The monoisotopic (exact) mass is 424 g/mol. The lowest BCUT2D eigenvalue weighted by Gasteiger charge is -2.28. The van der Waals surface area contributed by atoms with Gasteiger partial charge in [-0.3, -0.25) is 9.59 Å². The predicted octanol–water partition coefficient (Wildman–Crippen LogP) is 3.75. The molecule has 2 amide bonds. The summed E-state index contributed by atoms with van der Waals surface area (Å²) in [4.78, 5) is 27.7. The van der Waals surface area contributed by atoms with Gasteiger partial charge in [-0.15, -0.1) is 0 Å². The summed E-state index contributed by atoms with van der Waals surface area (Å²) >= 11 is 0. The highest BCUT2D eigenvalue weighted by Gasteiger charge is 2.43. The number of likely N-dealkylation sites (tertiary alicyclic amines) is 1. The fourth-order valence-electron chi connectivity index (χ4n) is 4.08. The number of unbranched alkanes of at least 4 members (excludes halogenated alkanes) is 1. The molecule has 0 aliphatic carbocycles. The molecule has 2 atom stereocenters. The highest BCUT2D eigenvalue weighted by Crippen LogP contribution is 2.39. The minimum Gasteiger partial charge on any atom is -0.497 e. The van der Waals surface area contributed by atoms with Crippen molar-refractivity contribution in [3.63, 3.8) is 0 Å². The number of rotatable bonds is 10. The van der Waals surface area contributed by atoms with Crippen molar-refractivity contribution >= 4 is 11.8 Å². The number of benzene rings is 2. The molecule has 0 bridgehead atoms. The van der Waals surface area contributed by atoms with E-state index in [0.717, 1.165) is 41.9 Å². The number of ether oxygens (including phenoxy) is 2. The highest BCUT2D eigenvalue weighted by atomic mass is 16.5. The van der Waals surface area contributed by atoms with Crippen LogP contribution in [0.3, 0.4) is 0 Å². The number of amides is 2. The van der Waals surface area contributed by atoms with Gasteiger partial charge in [0.05, 0.1) is 26.2 Å². The summed E-state index contributed by atoms with van der Waals surface area (Å²) in [6.07, 6.45) is 2.89. The molecule has 2 aromatic carbocycles. The van der Waals surface area contributed by atoms with Gasteiger partial charge in [0.2, 0.25) is 11.8 Å². The topological polar surface area (TPSA) is 67.9 Å². The SMILES string of the molecule is CCCCN1C(=O)CC(C(=O)NCCc2ccc(OC)cc2)C1c1ccc(OC)cc1. The molecule has 166 valence electrons. The Morgan fingerprint density at radius 1 is 1.03 bits per heavy atom. The van der Waals surface area contributed by atoms with E-state index in [1.807, 2.05) is 53.4 Å². The van der Waals surface area contributed by atoms with Crippen molar-refractivity contribution in [2.24, 2.45) is 5.92 Å². The van der Waals surface area contributed by atoms with Crippen LogP contribution in [0.15, 0.2) is 48.5 Å². The summed E-state index contributed by atoms with van der Waals surface area (Å²) in [6, 6.07) is 15.3. The molecule has 1 fully saturated rings. The van der Waals surface area contributed by atoms with Crippen LogP contribution in [-0.2, 0) is 16.0 Å². The largest absolute Gasteiger partial charge is 0.497 e. The summed E-state index contributed by atoms with van der Waals surface area (Å²) in [7, 11) is 3.27. The van der Waals surface area contributed by atoms with Crippen LogP contribution in [0.1, 0.15) is 43.4 Å². The number of methoxy groups -OCH3 is 2. The average Bonchev–Trinajstić information content (AvgIpc) is 3.14. The fraction of sp³-hybridized carbons (Fsp3) is 0.440. The Morgan fingerprint density at radius 2 is 1.65 bits per heavy atom. The van der Waals surface area contributed by atoms with E-state index in [9.17, 15) is 9.59 Å². The molecule has 1 saturated heterocycles. The quantitative estimate of drug-likeness (QED) is 0.631. The van der Waals surface area contributed by atoms with Crippen LogP contribution in [0.4, 0.5) is 0 Å². The molecule has 6 heteroatoms. The Hall–Kier alpha value is -3.02. The first-order valence-corrected chi connectivity index (χ1v) is 10.9. The van der Waals surface area contributed by atoms with Crippen LogP contribution >= 0.6 is 0 Å². The van der Waals surface area contributed by atoms with Gasteiger partial charge in [-0.05, 0) is 48.2 Å². The highest BCUT2D eigenvalue weighted by molar-refractivity contribution is 5.90. The van der Waals surface area contributed by atoms with Gasteiger partial charge in [0.15, 0.2) is 0 Å². The van der Waals surface area contributed by atoms with Gasteiger partial charge < -0.3 is 19.7 Å². The minimum absolute atomic E-state index is 0.0459. The van der Waals surface area contributed by atoms with Gasteiger partial charge >= 0.3 is 0 Å². The zero-order valence-corrected chi connectivity index (χ0v) is 18.6. The van der Waals surface area contributed by atoms with Crippen molar-refractivity contribution in [2.45, 2.75) is 38.6 Å². The normalized spacial score (nSPS) is 18.2. The summed E-state index contributed by atoms with van der Waals surface area (Å²) in [6.45, 7) is 3.30. The number of nitrogens with zero attached hydrogens (tertiary/aromatic N) is 1. The number of carbonyl (C=O) groups excluding carboxylic acids is 2. The van der Waals surface area contributed by atoms with Crippen molar-refractivity contribution in [1.29, 1.82) is 0 Å². The van der Waals surface area contributed by atoms with E-state index in [-0.39, 0.29) is 24.3 Å². The second-order valence-corrected chi connectivity index (χ2v) is 7.86. The molecule has 0 spiro atoms. The third-order valence-electron chi connectivity index (χ3n) is 5.85. The fourth-order valence-corrected chi connectivity index (χ4v) is 4.08. The molecule has 1 aliphatic heterocycles. The standard InChI is InChI=1S/C25H32N2O4/c1-4-5-16-27-23(28)17-22(24(27)19-8-12-21(31-3)13-9-19)25(29)26-15-14-18-6-10-20(30-2)11-7-18/h6-13,22,24H,4-5,14-17H2,1-3H3,(H,26,29). The molecule has 3 rings (SSSR count). The lowest BCUT2D eigenvalue weighted by atomic mass is 9.92. The van der Waals surface area contributed by atoms with Crippen LogP contribution in [-0.4, -0.2) is 44.0 Å².